The number of phenols is 2. The van der Waals surface area contributed by atoms with E-state index in [4.69, 9.17) is 4.74 Å². The van der Waals surface area contributed by atoms with Crippen molar-refractivity contribution in [3.05, 3.63) is 23.8 Å². The van der Waals surface area contributed by atoms with Crippen molar-refractivity contribution in [3.63, 3.8) is 0 Å². The maximum atomic E-state index is 11.9. The lowest BCUT2D eigenvalue weighted by Crippen LogP contribution is -2.38. The molecule has 0 radical (unpaired) electrons. The maximum Gasteiger partial charge on any atom is 0.255 e. The molecule has 0 aromatic heterocycles. The van der Waals surface area contributed by atoms with Crippen molar-refractivity contribution in [3.8, 4) is 11.5 Å². The minimum absolute atomic E-state index is 0.0469. The summed E-state index contributed by atoms with van der Waals surface area (Å²) in [6, 6.07) is 4.11. The van der Waals surface area contributed by atoms with E-state index in [1.165, 1.54) is 18.2 Å². The summed E-state index contributed by atoms with van der Waals surface area (Å²) in [7, 11) is 1.55. The molecule has 0 spiro atoms. The number of nitrogens with one attached hydrogen (secondary N) is 1. The fraction of sp³-hybridized carbons (Fsp3) is 0.417. The molecule has 0 aliphatic carbocycles. The molecule has 5 nitrogen and oxygen atoms in total. The standard InChI is InChI=1S/C12H16BrNO4/c1-18-7-8(5-6-13)14-12(17)9-3-2-4-10(15)11(9)16/h2-4,8,15-16H,5-7H2,1H3,(H,14,17). The molecule has 0 fully saturated rings. The second-order valence-corrected chi connectivity index (χ2v) is 4.57. The van der Waals surface area contributed by atoms with Gasteiger partial charge in [-0.1, -0.05) is 22.0 Å². The predicted octanol–water partition coefficient (Wildman–Crippen LogP) is 1.63. The summed E-state index contributed by atoms with van der Waals surface area (Å²) in [5, 5.41) is 22.4. The van der Waals surface area contributed by atoms with E-state index < -0.39 is 11.7 Å². The van der Waals surface area contributed by atoms with Crippen molar-refractivity contribution in [2.45, 2.75) is 12.5 Å². The van der Waals surface area contributed by atoms with E-state index in [-0.39, 0.29) is 17.4 Å². The van der Waals surface area contributed by atoms with E-state index in [1.54, 1.807) is 7.11 Å². The Hall–Kier alpha value is -1.27. The van der Waals surface area contributed by atoms with Crippen LogP contribution in [0.1, 0.15) is 16.8 Å². The molecule has 0 saturated carbocycles. The van der Waals surface area contributed by atoms with Gasteiger partial charge in [0.05, 0.1) is 18.2 Å². The predicted molar refractivity (Wildman–Crippen MR) is 71.3 cm³/mol. The number of methoxy groups -OCH3 is 1. The SMILES string of the molecule is COCC(CCBr)NC(=O)c1cccc(O)c1O. The van der Waals surface area contributed by atoms with Crippen molar-refractivity contribution in [1.82, 2.24) is 5.32 Å². The minimum Gasteiger partial charge on any atom is -0.504 e. The van der Waals surface area contributed by atoms with Crippen LogP contribution < -0.4 is 5.32 Å². The Morgan fingerprint density at radius 2 is 2.22 bits per heavy atom. The van der Waals surface area contributed by atoms with Crippen LogP contribution >= 0.6 is 15.9 Å². The highest BCUT2D eigenvalue weighted by atomic mass is 79.9. The minimum atomic E-state index is -0.439. The monoisotopic (exact) mass is 317 g/mol. The highest BCUT2D eigenvalue weighted by Gasteiger charge is 2.17. The molecule has 1 aromatic rings. The molecule has 0 heterocycles. The second-order valence-electron chi connectivity index (χ2n) is 3.78. The van der Waals surface area contributed by atoms with Crippen molar-refractivity contribution in [1.29, 1.82) is 0 Å². The Morgan fingerprint density at radius 1 is 1.50 bits per heavy atom. The first kappa shape index (κ1) is 14.8. The van der Waals surface area contributed by atoms with Gasteiger partial charge >= 0.3 is 0 Å². The summed E-state index contributed by atoms with van der Waals surface area (Å²) in [6.07, 6.45) is 0.707. The van der Waals surface area contributed by atoms with Crippen LogP contribution in [0.15, 0.2) is 18.2 Å². The molecule has 0 aliphatic heterocycles. The first-order chi connectivity index (χ1) is 8.60. The Morgan fingerprint density at radius 3 is 2.83 bits per heavy atom. The van der Waals surface area contributed by atoms with Gasteiger partial charge in [0.2, 0.25) is 0 Å². The highest BCUT2D eigenvalue weighted by molar-refractivity contribution is 9.09. The van der Waals surface area contributed by atoms with E-state index >= 15 is 0 Å². The average Bonchev–Trinajstić information content (AvgIpc) is 2.33. The van der Waals surface area contributed by atoms with Crippen LogP contribution in [0.4, 0.5) is 0 Å². The highest BCUT2D eigenvalue weighted by Crippen LogP contribution is 2.28. The van der Waals surface area contributed by atoms with Crippen molar-refractivity contribution in [2.75, 3.05) is 19.0 Å². The third-order valence-electron chi connectivity index (χ3n) is 2.42. The Kier molecular flexibility index (Phi) is 5.94. The number of halogens is 1. The lowest BCUT2D eigenvalue weighted by Gasteiger charge is -2.17. The summed E-state index contributed by atoms with van der Waals surface area (Å²) in [6.45, 7) is 0.386. The molecule has 1 atom stereocenters. The number of amides is 1. The smallest absolute Gasteiger partial charge is 0.255 e. The van der Waals surface area contributed by atoms with E-state index in [1.807, 2.05) is 0 Å². The first-order valence-corrected chi connectivity index (χ1v) is 6.59. The van der Waals surface area contributed by atoms with Gasteiger partial charge in [-0.25, -0.2) is 0 Å². The van der Waals surface area contributed by atoms with Crippen LogP contribution in [0, 0.1) is 0 Å². The largest absolute Gasteiger partial charge is 0.504 e. The van der Waals surface area contributed by atoms with E-state index in [0.29, 0.717) is 13.0 Å². The Balaban J connectivity index is 2.77. The molecule has 6 heteroatoms. The van der Waals surface area contributed by atoms with Gasteiger partial charge in [-0.05, 0) is 18.6 Å². The summed E-state index contributed by atoms with van der Waals surface area (Å²) in [5.41, 5.74) is 0.0469. The molecule has 0 bridgehead atoms. The number of hydrogen-bond donors (Lipinski definition) is 3. The molecule has 1 amide bonds. The number of hydrogen-bond acceptors (Lipinski definition) is 4. The Bertz CT molecular complexity index is 405. The van der Waals surface area contributed by atoms with Crippen LogP contribution in [0.2, 0.25) is 0 Å². The molecule has 18 heavy (non-hydrogen) atoms. The molecule has 100 valence electrons. The fourth-order valence-corrected chi connectivity index (χ4v) is 2.06. The van der Waals surface area contributed by atoms with Crippen LogP contribution in [-0.2, 0) is 4.74 Å². The number of carbonyl (C=O) groups excluding carboxylic acids is 1. The van der Waals surface area contributed by atoms with Gasteiger partial charge < -0.3 is 20.3 Å². The number of aromatic hydroxyl groups is 2. The molecule has 3 N–H and O–H groups in total. The first-order valence-electron chi connectivity index (χ1n) is 5.46. The lowest BCUT2D eigenvalue weighted by molar-refractivity contribution is 0.0892. The molecule has 1 aromatic carbocycles. The van der Waals surface area contributed by atoms with Gasteiger partial charge in [-0.15, -0.1) is 0 Å². The van der Waals surface area contributed by atoms with E-state index in [2.05, 4.69) is 21.2 Å². The quantitative estimate of drug-likeness (QED) is 0.550. The fourth-order valence-electron chi connectivity index (χ4n) is 1.51. The molecule has 0 aliphatic rings. The topological polar surface area (TPSA) is 78.8 Å². The van der Waals surface area contributed by atoms with E-state index in [9.17, 15) is 15.0 Å². The van der Waals surface area contributed by atoms with Gasteiger partial charge in [0.25, 0.3) is 5.91 Å². The summed E-state index contributed by atoms with van der Waals surface area (Å²) in [4.78, 5) is 11.9. The van der Waals surface area contributed by atoms with Crippen molar-refractivity contribution in [2.24, 2.45) is 0 Å². The van der Waals surface area contributed by atoms with Crippen molar-refractivity contribution < 1.29 is 19.7 Å². The lowest BCUT2D eigenvalue weighted by atomic mass is 10.1. The zero-order valence-electron chi connectivity index (χ0n) is 10.0. The maximum absolute atomic E-state index is 11.9. The van der Waals surface area contributed by atoms with Crippen molar-refractivity contribution >= 4 is 21.8 Å². The van der Waals surface area contributed by atoms with E-state index in [0.717, 1.165) is 5.33 Å². The summed E-state index contributed by atoms with van der Waals surface area (Å²) >= 11 is 3.30. The summed E-state index contributed by atoms with van der Waals surface area (Å²) in [5.74, 6) is -1.16. The number of para-hydroxylation sites is 1. The van der Waals surface area contributed by atoms with Crippen LogP contribution in [0.3, 0.4) is 0 Å². The average molecular weight is 318 g/mol. The van der Waals surface area contributed by atoms with Gasteiger partial charge in [0.15, 0.2) is 11.5 Å². The normalized spacial score (nSPS) is 12.1. The van der Waals surface area contributed by atoms with Gasteiger partial charge in [-0.3, -0.25) is 4.79 Å². The van der Waals surface area contributed by atoms with Crippen LogP contribution in [0.5, 0.6) is 11.5 Å². The molecular weight excluding hydrogens is 302 g/mol. The number of carbonyl (C=O) groups is 1. The molecular formula is C12H16BrNO4. The van der Waals surface area contributed by atoms with Gasteiger partial charge in [0.1, 0.15) is 0 Å². The zero-order valence-corrected chi connectivity index (χ0v) is 11.6. The number of ether oxygens (including phenoxy) is 1. The molecule has 1 rings (SSSR count). The number of benzene rings is 1. The van der Waals surface area contributed by atoms with Gasteiger partial charge in [0, 0.05) is 12.4 Å². The number of alkyl halides is 1. The summed E-state index contributed by atoms with van der Waals surface area (Å²) < 4.78 is 5.00. The zero-order chi connectivity index (χ0) is 13.5. The number of rotatable bonds is 6. The Labute approximate surface area is 114 Å². The van der Waals surface area contributed by atoms with Gasteiger partial charge in [-0.2, -0.15) is 0 Å². The third kappa shape index (κ3) is 3.89. The molecule has 1 unspecified atom stereocenters. The van der Waals surface area contributed by atoms with Crippen LogP contribution in [0.25, 0.3) is 0 Å². The molecule has 0 saturated heterocycles. The second kappa shape index (κ2) is 7.23. The van der Waals surface area contributed by atoms with Crippen LogP contribution in [-0.4, -0.2) is 41.2 Å². The number of phenolic OH excluding ortho intramolecular Hbond substituents is 2. The third-order valence-corrected chi connectivity index (χ3v) is 2.88.